The van der Waals surface area contributed by atoms with Crippen molar-refractivity contribution in [2.24, 2.45) is 28.1 Å². The van der Waals surface area contributed by atoms with Crippen LogP contribution in [-0.2, 0) is 0 Å². The van der Waals surface area contributed by atoms with Crippen molar-refractivity contribution in [2.75, 3.05) is 0 Å². The minimum absolute atomic E-state index is 0.488. The summed E-state index contributed by atoms with van der Waals surface area (Å²) in [7, 11) is 0. The van der Waals surface area contributed by atoms with Crippen LogP contribution in [0.2, 0.25) is 0 Å². The van der Waals surface area contributed by atoms with Crippen LogP contribution < -0.4 is 0 Å². The molecule has 1 fully saturated rings. The van der Waals surface area contributed by atoms with Crippen LogP contribution in [0, 0.1) is 28.1 Å². The van der Waals surface area contributed by atoms with Gasteiger partial charge in [-0.3, -0.25) is 0 Å². The van der Waals surface area contributed by atoms with E-state index in [1.807, 2.05) is 0 Å². The maximum absolute atomic E-state index is 2.54. The van der Waals surface area contributed by atoms with Gasteiger partial charge in [-0.25, -0.2) is 0 Å². The Kier molecular flexibility index (Phi) is 4.07. The molecule has 1 aliphatic carbocycles. The molecule has 0 nitrogen and oxygen atoms in total. The number of rotatable bonds is 5. The molecule has 1 rings (SSSR count). The summed E-state index contributed by atoms with van der Waals surface area (Å²) in [6.45, 7) is 19.6. The molecule has 1 saturated carbocycles. The van der Waals surface area contributed by atoms with E-state index >= 15 is 0 Å². The Morgan fingerprint density at radius 1 is 1.00 bits per heavy atom. The summed E-state index contributed by atoms with van der Waals surface area (Å²) in [5.41, 5.74) is 1.57. The van der Waals surface area contributed by atoms with E-state index < -0.39 is 0 Å². The molecule has 0 heteroatoms. The lowest BCUT2D eigenvalue weighted by Gasteiger charge is -2.73. The molecule has 0 spiro atoms. The Bertz CT molecular complexity index is 265. The van der Waals surface area contributed by atoms with E-state index in [9.17, 15) is 0 Å². The fraction of sp³-hybridized carbons (Fsp3) is 1.00. The van der Waals surface area contributed by atoms with Crippen molar-refractivity contribution in [3.63, 3.8) is 0 Å². The molecule has 0 saturated heterocycles. The Morgan fingerprint density at radius 2 is 1.53 bits per heavy atom. The topological polar surface area (TPSA) is 0 Å². The molecular formula is C17H34. The first-order valence-corrected chi connectivity index (χ1v) is 7.67. The first-order valence-electron chi connectivity index (χ1n) is 7.67. The van der Waals surface area contributed by atoms with E-state index in [2.05, 4.69) is 55.4 Å². The van der Waals surface area contributed by atoms with Gasteiger partial charge in [0, 0.05) is 0 Å². The largest absolute Gasteiger partial charge is 0.0651 e. The molecule has 17 heavy (non-hydrogen) atoms. The zero-order chi connectivity index (χ0) is 13.5. The Hall–Kier alpha value is 0. The van der Waals surface area contributed by atoms with E-state index in [0.717, 1.165) is 11.8 Å². The predicted molar refractivity (Wildman–Crippen MR) is 78.1 cm³/mol. The normalized spacial score (nSPS) is 42.0. The third kappa shape index (κ3) is 1.87. The molecule has 102 valence electrons. The van der Waals surface area contributed by atoms with Crippen LogP contribution in [0.5, 0.6) is 0 Å². The molecule has 4 unspecified atom stereocenters. The van der Waals surface area contributed by atoms with Crippen LogP contribution in [0.4, 0.5) is 0 Å². The van der Waals surface area contributed by atoms with Gasteiger partial charge < -0.3 is 0 Å². The lowest BCUT2D eigenvalue weighted by molar-refractivity contribution is -0.245. The molecule has 1 aliphatic rings. The van der Waals surface area contributed by atoms with Crippen molar-refractivity contribution < 1.29 is 0 Å². The smallest absolute Gasteiger partial charge is 0.0238 e. The first kappa shape index (κ1) is 15.1. The highest BCUT2D eigenvalue weighted by Gasteiger charge is 2.67. The zero-order valence-corrected chi connectivity index (χ0v) is 13.5. The molecule has 0 aromatic carbocycles. The molecule has 0 heterocycles. The van der Waals surface area contributed by atoms with Crippen LogP contribution in [0.1, 0.15) is 81.1 Å². The van der Waals surface area contributed by atoms with Gasteiger partial charge in [-0.15, -0.1) is 0 Å². The average Bonchev–Trinajstić information content (AvgIpc) is 2.32. The number of hydrogen-bond donors (Lipinski definition) is 0. The maximum Gasteiger partial charge on any atom is -0.0238 e. The van der Waals surface area contributed by atoms with Crippen molar-refractivity contribution in [1.82, 2.24) is 0 Å². The third-order valence-corrected chi connectivity index (χ3v) is 7.35. The van der Waals surface area contributed by atoms with Gasteiger partial charge in [0.05, 0.1) is 0 Å². The van der Waals surface area contributed by atoms with Crippen molar-refractivity contribution in [1.29, 1.82) is 0 Å². The highest BCUT2D eigenvalue weighted by Crippen LogP contribution is 2.74. The molecule has 0 aromatic heterocycles. The van der Waals surface area contributed by atoms with Crippen LogP contribution in [0.3, 0.4) is 0 Å². The van der Waals surface area contributed by atoms with Crippen molar-refractivity contribution in [3.05, 3.63) is 0 Å². The van der Waals surface area contributed by atoms with Gasteiger partial charge in [0.1, 0.15) is 0 Å². The molecule has 0 bridgehead atoms. The van der Waals surface area contributed by atoms with E-state index in [0.29, 0.717) is 16.2 Å². The standard InChI is InChI=1S/C17H34/c1-9-13(3)11-12-17(8)14(4)16(7,10-2)15(17,5)6/h13-14H,9-12H2,1-8H3. The molecule has 0 N–H and O–H groups in total. The summed E-state index contributed by atoms with van der Waals surface area (Å²) in [5.74, 6) is 1.75. The van der Waals surface area contributed by atoms with E-state index in [1.165, 1.54) is 25.7 Å². The first-order chi connectivity index (χ1) is 7.67. The summed E-state index contributed by atoms with van der Waals surface area (Å²) >= 11 is 0. The fourth-order valence-corrected chi connectivity index (χ4v) is 4.39. The van der Waals surface area contributed by atoms with Crippen molar-refractivity contribution in [2.45, 2.75) is 81.1 Å². The van der Waals surface area contributed by atoms with Crippen LogP contribution in [-0.4, -0.2) is 0 Å². The molecular weight excluding hydrogens is 204 g/mol. The summed E-state index contributed by atoms with van der Waals surface area (Å²) < 4.78 is 0. The number of hydrogen-bond acceptors (Lipinski definition) is 0. The second-order valence-electron chi connectivity index (χ2n) is 7.59. The fourth-order valence-electron chi connectivity index (χ4n) is 4.39. The highest BCUT2D eigenvalue weighted by molar-refractivity contribution is 5.15. The van der Waals surface area contributed by atoms with Crippen LogP contribution in [0.25, 0.3) is 0 Å². The second-order valence-corrected chi connectivity index (χ2v) is 7.59. The molecule has 0 aromatic rings. The Morgan fingerprint density at radius 3 is 1.88 bits per heavy atom. The molecule has 0 amide bonds. The van der Waals surface area contributed by atoms with Gasteiger partial charge in [0.15, 0.2) is 0 Å². The minimum atomic E-state index is 0.488. The van der Waals surface area contributed by atoms with E-state index in [-0.39, 0.29) is 0 Å². The minimum Gasteiger partial charge on any atom is -0.0651 e. The highest BCUT2D eigenvalue weighted by atomic mass is 14.7. The van der Waals surface area contributed by atoms with E-state index in [4.69, 9.17) is 0 Å². The van der Waals surface area contributed by atoms with Gasteiger partial charge >= 0.3 is 0 Å². The molecule has 4 atom stereocenters. The maximum atomic E-state index is 2.54. The van der Waals surface area contributed by atoms with Gasteiger partial charge in [-0.1, -0.05) is 68.2 Å². The molecule has 0 aliphatic heterocycles. The van der Waals surface area contributed by atoms with Gasteiger partial charge in [-0.2, -0.15) is 0 Å². The zero-order valence-electron chi connectivity index (χ0n) is 13.5. The lowest BCUT2D eigenvalue weighted by Crippen LogP contribution is -2.66. The predicted octanol–water partition coefficient (Wildman–Crippen LogP) is 5.91. The van der Waals surface area contributed by atoms with E-state index in [1.54, 1.807) is 0 Å². The monoisotopic (exact) mass is 238 g/mol. The average molecular weight is 238 g/mol. The summed E-state index contributed by atoms with van der Waals surface area (Å²) in [6, 6.07) is 0. The second kappa shape index (κ2) is 4.59. The Labute approximate surface area is 110 Å². The van der Waals surface area contributed by atoms with Crippen LogP contribution >= 0.6 is 0 Å². The lowest BCUT2D eigenvalue weighted by atomic mass is 9.32. The van der Waals surface area contributed by atoms with Gasteiger partial charge in [-0.05, 0) is 40.9 Å². The van der Waals surface area contributed by atoms with Gasteiger partial charge in [0.25, 0.3) is 0 Å². The quantitative estimate of drug-likeness (QED) is 0.558. The van der Waals surface area contributed by atoms with Crippen molar-refractivity contribution >= 4 is 0 Å². The summed E-state index contributed by atoms with van der Waals surface area (Å²) in [4.78, 5) is 0. The van der Waals surface area contributed by atoms with Crippen LogP contribution in [0.15, 0.2) is 0 Å². The van der Waals surface area contributed by atoms with Crippen molar-refractivity contribution in [3.8, 4) is 0 Å². The summed E-state index contributed by atoms with van der Waals surface area (Å²) in [5, 5.41) is 0. The van der Waals surface area contributed by atoms with Gasteiger partial charge in [0.2, 0.25) is 0 Å². The Balaban J connectivity index is 2.78. The SMILES string of the molecule is CCC(C)CCC1(C)C(C)C(C)(CC)C1(C)C. The third-order valence-electron chi connectivity index (χ3n) is 7.35. The summed E-state index contributed by atoms with van der Waals surface area (Å²) in [6.07, 6.45) is 5.46. The molecule has 0 radical (unpaired) electrons.